The molecule has 2 heteroatoms. The van der Waals surface area contributed by atoms with E-state index >= 15 is 0 Å². The van der Waals surface area contributed by atoms with Crippen LogP contribution < -0.4 is 0 Å². The number of aliphatic imine (C=N–C) groups is 1. The van der Waals surface area contributed by atoms with E-state index in [0.29, 0.717) is 11.6 Å². The van der Waals surface area contributed by atoms with E-state index in [4.69, 9.17) is 0 Å². The smallest absolute Gasteiger partial charge is 0.211 e. The summed E-state index contributed by atoms with van der Waals surface area (Å²) in [6.45, 7) is 0. The van der Waals surface area contributed by atoms with Crippen molar-refractivity contribution in [1.82, 2.24) is 0 Å². The van der Waals surface area contributed by atoms with Crippen LogP contribution in [0.3, 0.4) is 0 Å². The molecule has 0 spiro atoms. The van der Waals surface area contributed by atoms with Crippen molar-refractivity contribution in [2.24, 2.45) is 4.99 Å². The molecule has 1 atom stereocenters. The third-order valence-corrected chi connectivity index (χ3v) is 3.70. The van der Waals surface area contributed by atoms with Crippen molar-refractivity contribution in [2.75, 3.05) is 0 Å². The Kier molecular flexibility index (Phi) is 3.90. The van der Waals surface area contributed by atoms with Crippen LogP contribution in [0.25, 0.3) is 5.57 Å². The maximum Gasteiger partial charge on any atom is 0.240 e. The van der Waals surface area contributed by atoms with Crippen molar-refractivity contribution in [3.05, 3.63) is 84.0 Å². The van der Waals surface area contributed by atoms with E-state index in [-0.39, 0.29) is 0 Å². The summed E-state index contributed by atoms with van der Waals surface area (Å²) in [6, 6.07) is 18.1. The minimum absolute atomic E-state index is 0.381. The van der Waals surface area contributed by atoms with Gasteiger partial charge >= 0.3 is 0 Å². The lowest BCUT2D eigenvalue weighted by Crippen LogP contribution is -1.98. The van der Waals surface area contributed by atoms with Crippen LogP contribution in [-0.4, -0.2) is 6.08 Å². The van der Waals surface area contributed by atoms with E-state index < -0.39 is 0 Å². The fraction of sp³-hybridized carbons (Fsp3) is 0.105. The zero-order chi connectivity index (χ0) is 14.5. The number of benzene rings is 2. The standard InChI is InChI=1S/C19H15NO/c21-14-20-19-12-10-18(11-13-19)17-8-6-16(7-9-17)15-4-2-1-3-5-15/h1-8,10-13,17H,9H2. The quantitative estimate of drug-likeness (QED) is 0.584. The molecule has 2 nitrogen and oxygen atoms in total. The zero-order valence-corrected chi connectivity index (χ0v) is 11.6. The van der Waals surface area contributed by atoms with Gasteiger partial charge in [0.05, 0.1) is 5.69 Å². The van der Waals surface area contributed by atoms with E-state index in [1.807, 2.05) is 30.3 Å². The highest BCUT2D eigenvalue weighted by Gasteiger charge is 2.11. The second kappa shape index (κ2) is 6.17. The van der Waals surface area contributed by atoms with Crippen LogP contribution in [0.4, 0.5) is 5.69 Å². The zero-order valence-electron chi connectivity index (χ0n) is 11.6. The van der Waals surface area contributed by atoms with Gasteiger partial charge in [-0.05, 0) is 35.3 Å². The molecule has 1 unspecified atom stereocenters. The lowest BCUT2D eigenvalue weighted by Gasteiger charge is -2.17. The highest BCUT2D eigenvalue weighted by molar-refractivity contribution is 5.75. The van der Waals surface area contributed by atoms with Crippen molar-refractivity contribution >= 4 is 17.3 Å². The second-order valence-corrected chi connectivity index (χ2v) is 5.02. The van der Waals surface area contributed by atoms with E-state index in [1.165, 1.54) is 16.7 Å². The lowest BCUT2D eigenvalue weighted by molar-refractivity contribution is 0.565. The van der Waals surface area contributed by atoms with Crippen molar-refractivity contribution in [3.8, 4) is 0 Å². The summed E-state index contributed by atoms with van der Waals surface area (Å²) in [7, 11) is 0. The van der Waals surface area contributed by atoms with Gasteiger partial charge in [-0.25, -0.2) is 4.79 Å². The Bertz CT molecular complexity index is 720. The molecular weight excluding hydrogens is 258 g/mol. The first-order valence-electron chi connectivity index (χ1n) is 6.98. The second-order valence-electron chi connectivity index (χ2n) is 5.02. The number of allylic oxidation sites excluding steroid dienone is 4. The predicted octanol–water partition coefficient (Wildman–Crippen LogP) is 4.78. The van der Waals surface area contributed by atoms with Gasteiger partial charge in [0.1, 0.15) is 0 Å². The Morgan fingerprint density at radius 2 is 1.76 bits per heavy atom. The van der Waals surface area contributed by atoms with Crippen LogP contribution in [0.15, 0.2) is 77.8 Å². The lowest BCUT2D eigenvalue weighted by atomic mass is 9.88. The summed E-state index contributed by atoms with van der Waals surface area (Å²) >= 11 is 0. The Balaban J connectivity index is 1.75. The van der Waals surface area contributed by atoms with Gasteiger partial charge in [0.25, 0.3) is 0 Å². The van der Waals surface area contributed by atoms with Gasteiger partial charge in [-0.1, -0.05) is 60.7 Å². The number of hydrogen-bond donors (Lipinski definition) is 0. The average molecular weight is 273 g/mol. The molecule has 0 saturated carbocycles. The molecule has 0 fully saturated rings. The van der Waals surface area contributed by atoms with Crippen molar-refractivity contribution in [1.29, 1.82) is 0 Å². The van der Waals surface area contributed by atoms with Gasteiger partial charge in [-0.2, -0.15) is 4.99 Å². The van der Waals surface area contributed by atoms with Crippen LogP contribution in [0.5, 0.6) is 0 Å². The molecule has 0 aliphatic heterocycles. The minimum Gasteiger partial charge on any atom is -0.211 e. The maximum atomic E-state index is 10.2. The number of hydrogen-bond acceptors (Lipinski definition) is 2. The summed E-state index contributed by atoms with van der Waals surface area (Å²) in [4.78, 5) is 13.8. The van der Waals surface area contributed by atoms with E-state index in [9.17, 15) is 4.79 Å². The fourth-order valence-electron chi connectivity index (χ4n) is 2.56. The SMILES string of the molecule is O=C=Nc1ccc(C2C=CC(c3ccccc3)=CC2)cc1. The summed E-state index contributed by atoms with van der Waals surface area (Å²) in [5.74, 6) is 0.381. The highest BCUT2D eigenvalue weighted by atomic mass is 16.1. The first-order valence-corrected chi connectivity index (χ1v) is 6.98. The summed E-state index contributed by atoms with van der Waals surface area (Å²) in [5, 5.41) is 0. The van der Waals surface area contributed by atoms with Crippen LogP contribution in [0, 0.1) is 0 Å². The van der Waals surface area contributed by atoms with Crippen LogP contribution in [0.1, 0.15) is 23.5 Å². The van der Waals surface area contributed by atoms with Crippen molar-refractivity contribution < 1.29 is 4.79 Å². The molecule has 2 aromatic rings. The van der Waals surface area contributed by atoms with E-state index in [1.54, 1.807) is 6.08 Å². The molecule has 0 N–H and O–H groups in total. The Morgan fingerprint density at radius 1 is 1.00 bits per heavy atom. The maximum absolute atomic E-state index is 10.2. The van der Waals surface area contributed by atoms with Gasteiger partial charge < -0.3 is 0 Å². The van der Waals surface area contributed by atoms with Gasteiger partial charge in [0.2, 0.25) is 6.08 Å². The molecule has 1 aliphatic carbocycles. The van der Waals surface area contributed by atoms with Crippen LogP contribution in [-0.2, 0) is 4.79 Å². The molecular formula is C19H15NO. The Labute approximate surface area is 124 Å². The van der Waals surface area contributed by atoms with Crippen LogP contribution in [0.2, 0.25) is 0 Å². The predicted molar refractivity (Wildman–Crippen MR) is 85.1 cm³/mol. The van der Waals surface area contributed by atoms with Crippen molar-refractivity contribution in [3.63, 3.8) is 0 Å². The van der Waals surface area contributed by atoms with E-state index in [0.717, 1.165) is 6.42 Å². The molecule has 0 saturated heterocycles. The van der Waals surface area contributed by atoms with Crippen molar-refractivity contribution in [2.45, 2.75) is 12.3 Å². The normalized spacial score (nSPS) is 17.0. The fourth-order valence-corrected chi connectivity index (χ4v) is 2.56. The monoisotopic (exact) mass is 273 g/mol. The molecule has 0 bridgehead atoms. The van der Waals surface area contributed by atoms with Gasteiger partial charge in [0, 0.05) is 5.92 Å². The molecule has 1 aliphatic rings. The molecule has 0 heterocycles. The average Bonchev–Trinajstić information content (AvgIpc) is 2.57. The number of nitrogens with zero attached hydrogens (tertiary/aromatic N) is 1. The van der Waals surface area contributed by atoms with Crippen LogP contribution >= 0.6 is 0 Å². The first kappa shape index (κ1) is 13.3. The topological polar surface area (TPSA) is 29.4 Å². The Hall–Kier alpha value is -2.70. The summed E-state index contributed by atoms with van der Waals surface area (Å²) in [6.07, 6.45) is 9.23. The van der Waals surface area contributed by atoms with E-state index in [2.05, 4.69) is 47.5 Å². The summed E-state index contributed by atoms with van der Waals surface area (Å²) in [5.41, 5.74) is 4.41. The highest BCUT2D eigenvalue weighted by Crippen LogP contribution is 2.31. The number of isocyanates is 1. The molecule has 102 valence electrons. The number of rotatable bonds is 3. The Morgan fingerprint density at radius 3 is 2.38 bits per heavy atom. The number of carbonyl (C=O) groups excluding carboxylic acids is 1. The third-order valence-electron chi connectivity index (χ3n) is 3.70. The first-order chi connectivity index (χ1) is 10.4. The largest absolute Gasteiger partial charge is 0.240 e. The van der Waals surface area contributed by atoms with Gasteiger partial charge in [-0.15, -0.1) is 0 Å². The minimum atomic E-state index is 0.381. The van der Waals surface area contributed by atoms with Gasteiger partial charge in [-0.3, -0.25) is 0 Å². The molecule has 2 aromatic carbocycles. The summed E-state index contributed by atoms with van der Waals surface area (Å²) < 4.78 is 0. The molecule has 0 radical (unpaired) electrons. The third kappa shape index (κ3) is 3.07. The molecule has 0 aromatic heterocycles. The molecule has 21 heavy (non-hydrogen) atoms. The van der Waals surface area contributed by atoms with Gasteiger partial charge in [0.15, 0.2) is 0 Å². The molecule has 0 amide bonds. The molecule has 3 rings (SSSR count).